The molecule has 1 fully saturated rings. The summed E-state index contributed by atoms with van der Waals surface area (Å²) in [6, 6.07) is 0.365. The number of rotatable bonds is 4. The van der Waals surface area contributed by atoms with Crippen LogP contribution in [0.2, 0.25) is 0 Å². The van der Waals surface area contributed by atoms with Crippen LogP contribution in [0.1, 0.15) is 26.2 Å². The van der Waals surface area contributed by atoms with E-state index in [1.807, 2.05) is 0 Å². The SMILES string of the molecule is CC(Nc1ncc([N+](=O)[O-])s1)C1CCC1. The molecule has 1 N–H and O–H groups in total. The molecule has 1 aromatic heterocycles. The van der Waals surface area contributed by atoms with E-state index in [2.05, 4.69) is 17.2 Å². The fraction of sp³-hybridized carbons (Fsp3) is 0.667. The van der Waals surface area contributed by atoms with E-state index in [1.165, 1.54) is 25.5 Å². The topological polar surface area (TPSA) is 68.1 Å². The third-order valence-corrected chi connectivity index (χ3v) is 3.76. The van der Waals surface area contributed by atoms with Gasteiger partial charge < -0.3 is 5.32 Å². The van der Waals surface area contributed by atoms with Crippen molar-refractivity contribution in [3.63, 3.8) is 0 Å². The molecular formula is C9H13N3O2S. The highest BCUT2D eigenvalue weighted by Crippen LogP contribution is 2.32. The van der Waals surface area contributed by atoms with Gasteiger partial charge in [-0.25, -0.2) is 4.98 Å². The van der Waals surface area contributed by atoms with Crippen molar-refractivity contribution in [3.05, 3.63) is 16.3 Å². The second-order valence-corrected chi connectivity index (χ2v) is 4.89. The Hall–Kier alpha value is -1.17. The van der Waals surface area contributed by atoms with Crippen molar-refractivity contribution in [2.45, 2.75) is 32.2 Å². The predicted molar refractivity (Wildman–Crippen MR) is 59.2 cm³/mol. The highest BCUT2D eigenvalue weighted by atomic mass is 32.1. The molecule has 0 amide bonds. The predicted octanol–water partition coefficient (Wildman–Crippen LogP) is 2.65. The summed E-state index contributed by atoms with van der Waals surface area (Å²) in [6.07, 6.45) is 5.11. The minimum atomic E-state index is -0.406. The Bertz CT molecular complexity index is 362. The Kier molecular flexibility index (Phi) is 2.86. The Balaban J connectivity index is 1.94. The molecule has 1 saturated carbocycles. The largest absolute Gasteiger partial charge is 0.359 e. The normalized spacial score (nSPS) is 18.2. The van der Waals surface area contributed by atoms with E-state index < -0.39 is 4.92 Å². The summed E-state index contributed by atoms with van der Waals surface area (Å²) in [5.41, 5.74) is 0. The van der Waals surface area contributed by atoms with Crippen LogP contribution in [0.15, 0.2) is 6.20 Å². The molecule has 15 heavy (non-hydrogen) atoms. The van der Waals surface area contributed by atoms with E-state index in [0.29, 0.717) is 17.1 Å². The Labute approximate surface area is 91.7 Å². The first kappa shape index (κ1) is 10.4. The lowest BCUT2D eigenvalue weighted by Crippen LogP contribution is -2.30. The lowest BCUT2D eigenvalue weighted by molar-refractivity contribution is -0.380. The molecule has 1 unspecified atom stereocenters. The van der Waals surface area contributed by atoms with E-state index in [-0.39, 0.29) is 5.00 Å². The van der Waals surface area contributed by atoms with Crippen LogP contribution in [0.5, 0.6) is 0 Å². The molecule has 1 aromatic rings. The number of hydrogen-bond donors (Lipinski definition) is 1. The molecule has 1 aliphatic carbocycles. The highest BCUT2D eigenvalue weighted by molar-refractivity contribution is 7.18. The average Bonchev–Trinajstić information content (AvgIpc) is 2.48. The smallest absolute Gasteiger partial charge is 0.345 e. The van der Waals surface area contributed by atoms with E-state index >= 15 is 0 Å². The summed E-state index contributed by atoms with van der Waals surface area (Å²) in [4.78, 5) is 14.0. The molecule has 0 saturated heterocycles. The van der Waals surface area contributed by atoms with Gasteiger partial charge in [-0.2, -0.15) is 0 Å². The van der Waals surface area contributed by atoms with Crippen LogP contribution >= 0.6 is 11.3 Å². The highest BCUT2D eigenvalue weighted by Gasteiger charge is 2.24. The summed E-state index contributed by atoms with van der Waals surface area (Å²) < 4.78 is 0. The van der Waals surface area contributed by atoms with Crippen molar-refractivity contribution in [3.8, 4) is 0 Å². The Morgan fingerprint density at radius 1 is 1.73 bits per heavy atom. The molecule has 82 valence electrons. The summed E-state index contributed by atoms with van der Waals surface area (Å²) in [5, 5.41) is 14.4. The molecule has 2 rings (SSSR count). The van der Waals surface area contributed by atoms with Gasteiger partial charge in [-0.05, 0) is 37.0 Å². The third kappa shape index (κ3) is 2.26. The number of thiazole rings is 1. The van der Waals surface area contributed by atoms with Gasteiger partial charge in [-0.3, -0.25) is 10.1 Å². The molecule has 1 aliphatic rings. The number of aromatic nitrogens is 1. The summed E-state index contributed by atoms with van der Waals surface area (Å²) in [7, 11) is 0. The van der Waals surface area contributed by atoms with E-state index in [4.69, 9.17) is 0 Å². The van der Waals surface area contributed by atoms with Gasteiger partial charge in [0.25, 0.3) is 0 Å². The maximum absolute atomic E-state index is 10.4. The van der Waals surface area contributed by atoms with Crippen molar-refractivity contribution in [2.24, 2.45) is 5.92 Å². The number of hydrogen-bond acceptors (Lipinski definition) is 5. The van der Waals surface area contributed by atoms with Gasteiger partial charge in [0.15, 0.2) is 5.13 Å². The minimum absolute atomic E-state index is 0.0957. The average molecular weight is 227 g/mol. The molecule has 1 atom stereocenters. The van der Waals surface area contributed by atoms with Crippen LogP contribution in [0.4, 0.5) is 10.1 Å². The van der Waals surface area contributed by atoms with Gasteiger partial charge in [0.2, 0.25) is 0 Å². The zero-order valence-electron chi connectivity index (χ0n) is 8.47. The van der Waals surface area contributed by atoms with Crippen molar-refractivity contribution in [1.82, 2.24) is 4.98 Å². The van der Waals surface area contributed by atoms with Gasteiger partial charge >= 0.3 is 5.00 Å². The maximum atomic E-state index is 10.4. The minimum Gasteiger partial charge on any atom is -0.359 e. The lowest BCUT2D eigenvalue weighted by atomic mass is 9.80. The van der Waals surface area contributed by atoms with Gasteiger partial charge in [-0.15, -0.1) is 0 Å². The number of nitrogens with one attached hydrogen (secondary N) is 1. The van der Waals surface area contributed by atoms with E-state index in [9.17, 15) is 10.1 Å². The zero-order valence-corrected chi connectivity index (χ0v) is 9.29. The van der Waals surface area contributed by atoms with Crippen molar-refractivity contribution >= 4 is 21.5 Å². The first-order chi connectivity index (χ1) is 7.16. The van der Waals surface area contributed by atoms with Crippen LogP contribution in [0.25, 0.3) is 0 Å². The van der Waals surface area contributed by atoms with Crippen molar-refractivity contribution in [2.75, 3.05) is 5.32 Å². The van der Waals surface area contributed by atoms with Gasteiger partial charge in [-0.1, -0.05) is 6.42 Å². The third-order valence-electron chi connectivity index (χ3n) is 2.88. The van der Waals surface area contributed by atoms with Crippen LogP contribution in [0, 0.1) is 16.0 Å². The maximum Gasteiger partial charge on any atom is 0.345 e. The summed E-state index contributed by atoms with van der Waals surface area (Å²) >= 11 is 1.10. The molecule has 0 aromatic carbocycles. The second-order valence-electron chi connectivity index (χ2n) is 3.88. The second kappa shape index (κ2) is 4.14. The fourth-order valence-electron chi connectivity index (χ4n) is 1.67. The Morgan fingerprint density at radius 2 is 2.47 bits per heavy atom. The molecule has 1 heterocycles. The summed E-state index contributed by atoms with van der Waals surface area (Å²) in [6.45, 7) is 2.11. The zero-order chi connectivity index (χ0) is 10.8. The number of nitrogens with zero attached hydrogens (tertiary/aromatic N) is 2. The molecule has 0 aliphatic heterocycles. The molecule has 0 radical (unpaired) electrons. The molecule has 6 heteroatoms. The van der Waals surface area contributed by atoms with Crippen molar-refractivity contribution < 1.29 is 4.92 Å². The van der Waals surface area contributed by atoms with Crippen LogP contribution in [0.3, 0.4) is 0 Å². The quantitative estimate of drug-likeness (QED) is 0.634. The molecular weight excluding hydrogens is 214 g/mol. The van der Waals surface area contributed by atoms with Crippen LogP contribution < -0.4 is 5.32 Å². The fourth-order valence-corrected chi connectivity index (χ4v) is 2.40. The Morgan fingerprint density at radius 3 is 2.93 bits per heavy atom. The van der Waals surface area contributed by atoms with E-state index in [1.54, 1.807) is 0 Å². The lowest BCUT2D eigenvalue weighted by Gasteiger charge is -2.31. The van der Waals surface area contributed by atoms with Gasteiger partial charge in [0.1, 0.15) is 6.20 Å². The summed E-state index contributed by atoms with van der Waals surface area (Å²) in [5.74, 6) is 0.702. The molecule has 0 spiro atoms. The molecule has 0 bridgehead atoms. The standard InChI is InChI=1S/C9H13N3O2S/c1-6(7-3-2-4-7)11-9-10-5-8(15-9)12(13)14/h5-7H,2-4H2,1H3,(H,10,11). The van der Waals surface area contributed by atoms with E-state index in [0.717, 1.165) is 11.3 Å². The first-order valence-corrected chi connectivity index (χ1v) is 5.85. The molecule has 5 nitrogen and oxygen atoms in total. The van der Waals surface area contributed by atoms with Crippen LogP contribution in [-0.2, 0) is 0 Å². The number of nitro groups is 1. The van der Waals surface area contributed by atoms with Crippen LogP contribution in [-0.4, -0.2) is 15.9 Å². The van der Waals surface area contributed by atoms with Crippen molar-refractivity contribution in [1.29, 1.82) is 0 Å². The number of anilines is 1. The van der Waals surface area contributed by atoms with Gasteiger partial charge in [0.05, 0.1) is 4.92 Å². The van der Waals surface area contributed by atoms with Gasteiger partial charge in [0, 0.05) is 6.04 Å². The monoisotopic (exact) mass is 227 g/mol. The first-order valence-electron chi connectivity index (χ1n) is 5.03.